The largest absolute Gasteiger partial charge is 0.396 e. The van der Waals surface area contributed by atoms with Crippen LogP contribution in [0.4, 0.5) is 10.1 Å². The first-order valence-corrected chi connectivity index (χ1v) is 7.54. The Balaban J connectivity index is 3.36. The summed E-state index contributed by atoms with van der Waals surface area (Å²) in [5, 5.41) is 0. The Morgan fingerprint density at radius 3 is 2.32 bits per heavy atom. The molecule has 0 fully saturated rings. The summed E-state index contributed by atoms with van der Waals surface area (Å²) >= 11 is 3.03. The van der Waals surface area contributed by atoms with Crippen molar-refractivity contribution in [1.82, 2.24) is 4.31 Å². The van der Waals surface area contributed by atoms with Crippen molar-refractivity contribution in [1.29, 1.82) is 0 Å². The molecule has 0 aliphatic heterocycles. The molecule has 0 aromatic heterocycles. The highest BCUT2D eigenvalue weighted by Crippen LogP contribution is 2.29. The summed E-state index contributed by atoms with van der Waals surface area (Å²) in [5.74, 6) is -0.676. The third-order valence-corrected chi connectivity index (χ3v) is 5.12. The van der Waals surface area contributed by atoms with Crippen molar-refractivity contribution >= 4 is 31.6 Å². The van der Waals surface area contributed by atoms with Crippen LogP contribution in [-0.4, -0.2) is 25.8 Å². The number of anilines is 1. The zero-order valence-electron chi connectivity index (χ0n) is 10.1. The second-order valence-electron chi connectivity index (χ2n) is 3.70. The van der Waals surface area contributed by atoms with Crippen LogP contribution >= 0.6 is 15.9 Å². The molecule has 0 aliphatic carbocycles. The van der Waals surface area contributed by atoms with E-state index >= 15 is 0 Å². The number of rotatable bonds is 6. The van der Waals surface area contributed by atoms with Crippen LogP contribution in [0.1, 0.15) is 0 Å². The highest BCUT2D eigenvalue weighted by Gasteiger charge is 2.26. The molecular weight excluding hydrogens is 335 g/mol. The summed E-state index contributed by atoms with van der Waals surface area (Å²) in [6, 6.07) is 2.12. The van der Waals surface area contributed by atoms with E-state index in [-0.39, 0.29) is 28.1 Å². The maximum absolute atomic E-state index is 13.2. The van der Waals surface area contributed by atoms with E-state index in [1.54, 1.807) is 0 Å². The standard InChI is InChI=1S/C12H14BrFN2O2S/c1-3-5-16(6-4-2)19(17,18)12-8-11(15)10(14)7-9(12)13/h3-4,7-8H,1-2,5-6,15H2. The van der Waals surface area contributed by atoms with E-state index in [9.17, 15) is 12.8 Å². The van der Waals surface area contributed by atoms with E-state index in [1.807, 2.05) is 0 Å². The number of nitrogens with two attached hydrogens (primary N) is 1. The van der Waals surface area contributed by atoms with Crippen LogP contribution in [-0.2, 0) is 10.0 Å². The van der Waals surface area contributed by atoms with E-state index in [0.717, 1.165) is 16.4 Å². The smallest absolute Gasteiger partial charge is 0.244 e. The SMILES string of the molecule is C=CCN(CC=C)S(=O)(=O)c1cc(N)c(F)cc1Br. The highest BCUT2D eigenvalue weighted by atomic mass is 79.9. The fraction of sp³-hybridized carbons (Fsp3) is 0.167. The zero-order valence-corrected chi connectivity index (χ0v) is 12.5. The molecule has 0 bridgehead atoms. The number of halogens is 2. The van der Waals surface area contributed by atoms with Crippen LogP contribution in [0.15, 0.2) is 46.8 Å². The fourth-order valence-electron chi connectivity index (χ4n) is 1.44. The Morgan fingerprint density at radius 2 is 1.84 bits per heavy atom. The summed E-state index contributed by atoms with van der Waals surface area (Å²) < 4.78 is 39.4. The first kappa shape index (κ1) is 15.9. The normalized spacial score (nSPS) is 11.5. The summed E-state index contributed by atoms with van der Waals surface area (Å²) in [7, 11) is -3.80. The van der Waals surface area contributed by atoms with E-state index < -0.39 is 15.8 Å². The molecule has 0 amide bonds. The summed E-state index contributed by atoms with van der Waals surface area (Å²) in [5.41, 5.74) is 5.19. The maximum atomic E-state index is 13.2. The van der Waals surface area contributed by atoms with Crippen molar-refractivity contribution in [2.45, 2.75) is 4.90 Å². The Labute approximate surface area is 120 Å². The van der Waals surface area contributed by atoms with Crippen LogP contribution < -0.4 is 5.73 Å². The summed E-state index contributed by atoms with van der Waals surface area (Å²) in [4.78, 5) is -0.0879. The monoisotopic (exact) mass is 348 g/mol. The number of sulfonamides is 1. The van der Waals surface area contributed by atoms with Crippen LogP contribution in [0, 0.1) is 5.82 Å². The zero-order chi connectivity index (χ0) is 14.6. The summed E-state index contributed by atoms with van der Waals surface area (Å²) in [6.07, 6.45) is 2.92. The van der Waals surface area contributed by atoms with Crippen molar-refractivity contribution < 1.29 is 12.8 Å². The second-order valence-corrected chi connectivity index (χ2v) is 6.46. The lowest BCUT2D eigenvalue weighted by Gasteiger charge is -2.20. The Morgan fingerprint density at radius 1 is 1.32 bits per heavy atom. The molecule has 0 aliphatic rings. The van der Waals surface area contributed by atoms with Gasteiger partial charge in [0.05, 0.1) is 10.6 Å². The number of nitrogens with zero attached hydrogens (tertiary/aromatic N) is 1. The molecular formula is C12H14BrFN2O2S. The van der Waals surface area contributed by atoms with Crippen LogP contribution in [0.3, 0.4) is 0 Å². The molecule has 0 radical (unpaired) electrons. The van der Waals surface area contributed by atoms with E-state index in [2.05, 4.69) is 29.1 Å². The van der Waals surface area contributed by atoms with Gasteiger partial charge in [-0.1, -0.05) is 12.2 Å². The molecule has 0 saturated heterocycles. The van der Waals surface area contributed by atoms with Gasteiger partial charge in [-0.05, 0) is 28.1 Å². The van der Waals surface area contributed by atoms with Gasteiger partial charge in [-0.25, -0.2) is 12.8 Å². The molecule has 1 rings (SSSR count). The summed E-state index contributed by atoms with van der Waals surface area (Å²) in [6.45, 7) is 7.26. The number of hydrogen-bond donors (Lipinski definition) is 1. The average molecular weight is 349 g/mol. The van der Waals surface area contributed by atoms with Crippen molar-refractivity contribution in [3.05, 3.63) is 47.7 Å². The molecule has 0 atom stereocenters. The third-order valence-electron chi connectivity index (χ3n) is 2.33. The molecule has 4 nitrogen and oxygen atoms in total. The number of benzene rings is 1. The Kier molecular flexibility index (Phi) is 5.28. The minimum atomic E-state index is -3.80. The Hall–Kier alpha value is -1.18. The first-order valence-electron chi connectivity index (χ1n) is 5.31. The molecule has 0 saturated carbocycles. The average Bonchev–Trinajstić information content (AvgIpc) is 2.33. The lowest BCUT2D eigenvalue weighted by atomic mass is 10.3. The minimum absolute atomic E-state index is 0.0879. The maximum Gasteiger partial charge on any atom is 0.244 e. The number of hydrogen-bond acceptors (Lipinski definition) is 3. The van der Waals surface area contributed by atoms with Gasteiger partial charge in [-0.2, -0.15) is 4.31 Å². The van der Waals surface area contributed by atoms with Gasteiger partial charge in [0.1, 0.15) is 5.82 Å². The molecule has 19 heavy (non-hydrogen) atoms. The first-order chi connectivity index (χ1) is 8.84. The van der Waals surface area contributed by atoms with Gasteiger partial charge >= 0.3 is 0 Å². The van der Waals surface area contributed by atoms with E-state index in [4.69, 9.17) is 5.73 Å². The predicted octanol–water partition coefficient (Wildman–Crippen LogP) is 2.53. The highest BCUT2D eigenvalue weighted by molar-refractivity contribution is 9.10. The van der Waals surface area contributed by atoms with Gasteiger partial charge in [0, 0.05) is 17.6 Å². The number of nitrogen functional groups attached to an aromatic ring is 1. The molecule has 1 aromatic carbocycles. The van der Waals surface area contributed by atoms with E-state index in [1.165, 1.54) is 12.2 Å². The van der Waals surface area contributed by atoms with Gasteiger partial charge in [0.2, 0.25) is 10.0 Å². The van der Waals surface area contributed by atoms with Crippen molar-refractivity contribution in [3.8, 4) is 0 Å². The minimum Gasteiger partial charge on any atom is -0.396 e. The van der Waals surface area contributed by atoms with Crippen LogP contribution in [0.2, 0.25) is 0 Å². The lowest BCUT2D eigenvalue weighted by molar-refractivity contribution is 0.473. The van der Waals surface area contributed by atoms with Crippen molar-refractivity contribution in [2.75, 3.05) is 18.8 Å². The third kappa shape index (κ3) is 3.43. The molecule has 1 aromatic rings. The van der Waals surface area contributed by atoms with Crippen LogP contribution in [0.25, 0.3) is 0 Å². The lowest BCUT2D eigenvalue weighted by Crippen LogP contribution is -2.31. The fourth-order valence-corrected chi connectivity index (χ4v) is 3.83. The topological polar surface area (TPSA) is 63.4 Å². The molecule has 104 valence electrons. The molecule has 0 unspecified atom stereocenters. The van der Waals surface area contributed by atoms with Gasteiger partial charge in [-0.15, -0.1) is 13.2 Å². The molecule has 7 heteroatoms. The quantitative estimate of drug-likeness (QED) is 0.634. The van der Waals surface area contributed by atoms with Gasteiger partial charge < -0.3 is 5.73 Å². The van der Waals surface area contributed by atoms with E-state index in [0.29, 0.717) is 0 Å². The molecule has 2 N–H and O–H groups in total. The Bertz CT molecular complexity index is 592. The van der Waals surface area contributed by atoms with Crippen molar-refractivity contribution in [3.63, 3.8) is 0 Å². The predicted molar refractivity (Wildman–Crippen MR) is 77.7 cm³/mol. The van der Waals surface area contributed by atoms with Crippen molar-refractivity contribution in [2.24, 2.45) is 0 Å². The second kappa shape index (κ2) is 6.31. The van der Waals surface area contributed by atoms with Gasteiger partial charge in [0.25, 0.3) is 0 Å². The van der Waals surface area contributed by atoms with Gasteiger partial charge in [0.15, 0.2) is 0 Å². The molecule has 0 spiro atoms. The van der Waals surface area contributed by atoms with Crippen LogP contribution in [0.5, 0.6) is 0 Å². The van der Waals surface area contributed by atoms with Gasteiger partial charge in [-0.3, -0.25) is 0 Å². The molecule has 0 heterocycles.